The van der Waals surface area contributed by atoms with Gasteiger partial charge >= 0.3 is 0 Å². The van der Waals surface area contributed by atoms with Crippen LogP contribution in [0.4, 0.5) is 0 Å². The minimum atomic E-state index is -0.873. The molecule has 0 rings (SSSR count). The zero-order chi connectivity index (χ0) is 12.2. The van der Waals surface area contributed by atoms with Crippen molar-refractivity contribution in [1.29, 1.82) is 0 Å². The van der Waals surface area contributed by atoms with Crippen LogP contribution >= 0.6 is 0 Å². The molecule has 0 aromatic rings. The largest absolute Gasteiger partial charge is 0.0936 e. The van der Waals surface area contributed by atoms with Gasteiger partial charge in [0, 0.05) is 32.7 Å². The van der Waals surface area contributed by atoms with Crippen LogP contribution in [-0.4, -0.2) is 25.2 Å². The Morgan fingerprint density at radius 2 is 1.06 bits per heavy atom. The van der Waals surface area contributed by atoms with E-state index < -0.39 is 12.1 Å². The second-order valence-corrected chi connectivity index (χ2v) is 2.37. The predicted molar refractivity (Wildman–Crippen MR) is 53.9 cm³/mol. The van der Waals surface area contributed by atoms with Gasteiger partial charge < -0.3 is 0 Å². The third-order valence-electron chi connectivity index (χ3n) is 1.51. The average Bonchev–Trinajstić information content (AvgIpc) is 2.30. The van der Waals surface area contributed by atoms with E-state index in [0.717, 1.165) is 0 Å². The molecule has 2 unspecified atom stereocenters. The molecule has 0 radical (unpaired) electrons. The van der Waals surface area contributed by atoms with Gasteiger partial charge in [0.1, 0.15) is 0 Å². The summed E-state index contributed by atoms with van der Waals surface area (Å²) >= 11 is 0. The molecule has 0 aromatic carbocycles. The van der Waals surface area contributed by atoms with E-state index in [0.29, 0.717) is 0 Å². The molecule has 12 nitrogen and oxygen atoms in total. The summed E-state index contributed by atoms with van der Waals surface area (Å²) in [5.74, 6) is 0. The molecule has 2 atom stereocenters. The molecule has 82 valence electrons. The summed E-state index contributed by atoms with van der Waals surface area (Å²) < 4.78 is 0. The molecule has 0 saturated heterocycles. The molecule has 0 aromatic heterocycles. The minimum Gasteiger partial charge on any atom is -0.0936 e. The van der Waals surface area contributed by atoms with E-state index >= 15 is 0 Å². The van der Waals surface area contributed by atoms with E-state index in [4.69, 9.17) is 22.1 Å². The summed E-state index contributed by atoms with van der Waals surface area (Å²) in [6.07, 6.45) is 0. The molecule has 0 amide bonds. The van der Waals surface area contributed by atoms with Gasteiger partial charge in [-0.3, -0.25) is 0 Å². The minimum absolute atomic E-state index is 0.175. The van der Waals surface area contributed by atoms with Crippen LogP contribution in [0, 0.1) is 0 Å². The van der Waals surface area contributed by atoms with Gasteiger partial charge in [-0.1, -0.05) is 20.5 Å². The van der Waals surface area contributed by atoms with Crippen molar-refractivity contribution in [3.05, 3.63) is 41.8 Å². The lowest BCUT2D eigenvalue weighted by atomic mass is 10.1. The van der Waals surface area contributed by atoms with Gasteiger partial charge in [-0.2, -0.15) is 0 Å². The van der Waals surface area contributed by atoms with E-state index in [9.17, 15) is 0 Å². The molecule has 0 saturated carbocycles. The van der Waals surface area contributed by atoms with E-state index in [1.54, 1.807) is 0 Å². The van der Waals surface area contributed by atoms with E-state index in [1.807, 2.05) is 0 Å². The Labute approximate surface area is 88.4 Å². The Kier molecular flexibility index (Phi) is 7.30. The van der Waals surface area contributed by atoms with Crippen LogP contribution in [0.2, 0.25) is 0 Å². The highest BCUT2D eigenvalue weighted by atomic mass is 15.2. The van der Waals surface area contributed by atoms with Crippen molar-refractivity contribution in [1.82, 2.24) is 0 Å². The Bertz CT molecular complexity index is 359. The lowest BCUT2D eigenvalue weighted by Crippen LogP contribution is -2.27. The smallest absolute Gasteiger partial charge is 0.0515 e. The highest BCUT2D eigenvalue weighted by Crippen LogP contribution is 2.07. The van der Waals surface area contributed by atoms with Crippen molar-refractivity contribution in [2.75, 3.05) is 13.1 Å². The number of hydrogen-bond donors (Lipinski definition) is 0. The number of rotatable bonds is 7. The second-order valence-electron chi connectivity index (χ2n) is 2.37. The van der Waals surface area contributed by atoms with E-state index in [-0.39, 0.29) is 13.1 Å². The molecule has 0 heterocycles. The lowest BCUT2D eigenvalue weighted by Gasteiger charge is -2.13. The van der Waals surface area contributed by atoms with Gasteiger partial charge in [-0.05, 0) is 22.1 Å². The van der Waals surface area contributed by atoms with Gasteiger partial charge in [-0.15, -0.1) is 0 Å². The first-order valence-electron chi connectivity index (χ1n) is 3.90. The summed E-state index contributed by atoms with van der Waals surface area (Å²) in [7, 11) is 0. The molecule has 0 aliphatic heterocycles. The standard InChI is InChI=1S/C4H6N12/c5-13-9-1-3(11-15-7)4(12-16-8)2-10-14-6/h3-4H,1-2H2. The van der Waals surface area contributed by atoms with Gasteiger partial charge in [-0.25, -0.2) is 0 Å². The number of azide groups is 4. The average molecular weight is 222 g/mol. The van der Waals surface area contributed by atoms with Gasteiger partial charge in [0.05, 0.1) is 12.1 Å². The SMILES string of the molecule is [N-]=[N+]=NCC(N=[N+]=[N-])C(CN=[N+]=[N-])N=[N+]=[N-]. The highest BCUT2D eigenvalue weighted by molar-refractivity contribution is 4.86. The van der Waals surface area contributed by atoms with Gasteiger partial charge in [0.15, 0.2) is 0 Å². The fourth-order valence-electron chi connectivity index (χ4n) is 0.843. The molecule has 0 fully saturated rings. The van der Waals surface area contributed by atoms with E-state index in [2.05, 4.69) is 40.1 Å². The monoisotopic (exact) mass is 222 g/mol. The summed E-state index contributed by atoms with van der Waals surface area (Å²) in [5, 5.41) is 13.0. The van der Waals surface area contributed by atoms with Crippen molar-refractivity contribution in [2.45, 2.75) is 12.1 Å². The summed E-state index contributed by atoms with van der Waals surface area (Å²) in [4.78, 5) is 10.0. The molecule has 12 heteroatoms. The van der Waals surface area contributed by atoms with Crippen LogP contribution in [0.1, 0.15) is 0 Å². The van der Waals surface area contributed by atoms with Crippen LogP contribution < -0.4 is 0 Å². The quantitative estimate of drug-likeness (QED) is 0.347. The first kappa shape index (κ1) is 13.2. The van der Waals surface area contributed by atoms with E-state index in [1.165, 1.54) is 0 Å². The Balaban J connectivity index is 4.89. The maximum absolute atomic E-state index is 8.26. The predicted octanol–water partition coefficient (Wildman–Crippen LogP) is 2.96. The number of hydrogen-bond acceptors (Lipinski definition) is 4. The Morgan fingerprint density at radius 3 is 1.31 bits per heavy atom. The van der Waals surface area contributed by atoms with Crippen LogP contribution in [0.25, 0.3) is 41.8 Å². The zero-order valence-corrected chi connectivity index (χ0v) is 7.94. The van der Waals surface area contributed by atoms with Crippen molar-refractivity contribution in [2.24, 2.45) is 20.5 Å². The highest BCUT2D eigenvalue weighted by Gasteiger charge is 2.17. The Morgan fingerprint density at radius 1 is 0.688 bits per heavy atom. The van der Waals surface area contributed by atoms with Crippen molar-refractivity contribution >= 4 is 0 Å². The van der Waals surface area contributed by atoms with Crippen LogP contribution in [0.3, 0.4) is 0 Å². The van der Waals surface area contributed by atoms with Crippen molar-refractivity contribution in [3.8, 4) is 0 Å². The summed E-state index contributed by atoms with van der Waals surface area (Å²) in [6, 6.07) is -1.75. The first-order chi connectivity index (χ1) is 7.79. The molecular formula is C4H6N12. The summed E-state index contributed by atoms with van der Waals surface area (Å²) in [5.41, 5.74) is 32.7. The zero-order valence-electron chi connectivity index (χ0n) is 7.94. The van der Waals surface area contributed by atoms with Gasteiger partial charge in [0.25, 0.3) is 0 Å². The fraction of sp³-hybridized carbons (Fsp3) is 1.00. The maximum atomic E-state index is 8.26. The third kappa shape index (κ3) is 5.07. The van der Waals surface area contributed by atoms with Gasteiger partial charge in [0.2, 0.25) is 0 Å². The molecule has 0 aliphatic carbocycles. The van der Waals surface area contributed by atoms with Crippen molar-refractivity contribution < 1.29 is 0 Å². The third-order valence-corrected chi connectivity index (χ3v) is 1.51. The molecule has 0 spiro atoms. The molecular weight excluding hydrogens is 216 g/mol. The lowest BCUT2D eigenvalue weighted by molar-refractivity contribution is 0.534. The molecule has 16 heavy (non-hydrogen) atoms. The van der Waals surface area contributed by atoms with Crippen molar-refractivity contribution in [3.63, 3.8) is 0 Å². The summed E-state index contributed by atoms with van der Waals surface area (Å²) in [6.45, 7) is -0.351. The Hall–Kier alpha value is -2.76. The van der Waals surface area contributed by atoms with Crippen LogP contribution in [0.15, 0.2) is 20.5 Å². The molecule has 0 aliphatic rings. The molecule has 0 N–H and O–H groups in total. The topological polar surface area (TPSA) is 195 Å². The normalized spacial score (nSPS) is 11.8. The molecule has 0 bridgehead atoms. The fourth-order valence-corrected chi connectivity index (χ4v) is 0.843. The maximum Gasteiger partial charge on any atom is 0.0515 e. The number of nitrogens with zero attached hydrogens (tertiary/aromatic N) is 12. The first-order valence-corrected chi connectivity index (χ1v) is 3.90. The van der Waals surface area contributed by atoms with Crippen LogP contribution in [-0.2, 0) is 0 Å². The van der Waals surface area contributed by atoms with Crippen LogP contribution in [0.5, 0.6) is 0 Å². The second kappa shape index (κ2) is 8.82.